The molecule has 0 saturated carbocycles. The number of rotatable bonds is 6. The number of carboxylic acid groups (broad SMARTS) is 1. The molecule has 2 aromatic rings. The summed E-state index contributed by atoms with van der Waals surface area (Å²) >= 11 is 5.81. The van der Waals surface area contributed by atoms with E-state index in [1.165, 1.54) is 0 Å². The molecule has 1 saturated heterocycles. The van der Waals surface area contributed by atoms with Crippen molar-refractivity contribution in [2.45, 2.75) is 25.8 Å². The van der Waals surface area contributed by atoms with Crippen LogP contribution in [0.5, 0.6) is 0 Å². The number of hydrogen-bond acceptors (Lipinski definition) is 3. The first kappa shape index (κ1) is 17.5. The van der Waals surface area contributed by atoms with Gasteiger partial charge in [-0.1, -0.05) is 23.7 Å². The number of carbonyl (C=O) groups excluding carboxylic acids is 1. The molecule has 6 nitrogen and oxygen atoms in total. The fraction of sp³-hybridized carbons (Fsp3) is 0.389. The van der Waals surface area contributed by atoms with Crippen LogP contribution in [0.1, 0.15) is 28.8 Å². The van der Waals surface area contributed by atoms with Crippen LogP contribution in [-0.4, -0.2) is 44.8 Å². The topological polar surface area (TPSA) is 75.4 Å². The molecule has 1 atom stereocenters. The summed E-state index contributed by atoms with van der Waals surface area (Å²) in [7, 11) is 0. The van der Waals surface area contributed by atoms with E-state index in [1.54, 1.807) is 29.2 Å². The van der Waals surface area contributed by atoms with Crippen molar-refractivity contribution >= 4 is 23.5 Å². The van der Waals surface area contributed by atoms with Crippen LogP contribution in [0.2, 0.25) is 5.02 Å². The van der Waals surface area contributed by atoms with Crippen LogP contribution in [0, 0.1) is 5.92 Å². The standard InChI is InChI=1S/C18H20ClN3O3/c19-16-10-20-22(12-16)8-6-17(23)21-7-5-14(11-21)9-13-1-3-15(4-2-13)18(24)25/h1-4,10,12,14H,5-9,11H2,(H,24,25)/t14-/m0/s1. The molecule has 1 aliphatic rings. The van der Waals surface area contributed by atoms with Crippen molar-refractivity contribution in [2.24, 2.45) is 5.92 Å². The third-order valence-corrected chi connectivity index (χ3v) is 4.72. The summed E-state index contributed by atoms with van der Waals surface area (Å²) in [5, 5.41) is 13.6. The van der Waals surface area contributed by atoms with Crippen LogP contribution in [0.4, 0.5) is 0 Å². The van der Waals surface area contributed by atoms with Gasteiger partial charge >= 0.3 is 5.97 Å². The number of carbonyl (C=O) groups is 2. The fourth-order valence-electron chi connectivity index (χ4n) is 3.17. The predicted octanol–water partition coefficient (Wildman–Crippen LogP) is 2.72. The Morgan fingerprint density at radius 3 is 2.68 bits per heavy atom. The molecule has 1 aliphatic heterocycles. The van der Waals surface area contributed by atoms with Gasteiger partial charge in [-0.05, 0) is 36.5 Å². The summed E-state index contributed by atoms with van der Waals surface area (Å²) in [5.74, 6) is -0.364. The second kappa shape index (κ2) is 7.70. The third kappa shape index (κ3) is 4.60. The number of carboxylic acids is 1. The number of halogens is 1. The largest absolute Gasteiger partial charge is 0.478 e. The highest BCUT2D eigenvalue weighted by molar-refractivity contribution is 6.30. The second-order valence-corrected chi connectivity index (χ2v) is 6.81. The van der Waals surface area contributed by atoms with Gasteiger partial charge in [-0.15, -0.1) is 0 Å². The lowest BCUT2D eigenvalue weighted by atomic mass is 9.98. The molecular weight excluding hydrogens is 342 g/mol. The van der Waals surface area contributed by atoms with Gasteiger partial charge in [-0.3, -0.25) is 9.48 Å². The molecule has 1 fully saturated rings. The zero-order valence-electron chi connectivity index (χ0n) is 13.8. The van der Waals surface area contributed by atoms with Crippen LogP contribution in [-0.2, 0) is 17.8 Å². The van der Waals surface area contributed by atoms with E-state index in [1.807, 2.05) is 17.0 Å². The molecule has 0 bridgehead atoms. The highest BCUT2D eigenvalue weighted by atomic mass is 35.5. The summed E-state index contributed by atoms with van der Waals surface area (Å²) in [4.78, 5) is 25.1. The first-order valence-corrected chi connectivity index (χ1v) is 8.67. The zero-order chi connectivity index (χ0) is 17.8. The van der Waals surface area contributed by atoms with Crippen LogP contribution >= 0.6 is 11.6 Å². The number of aryl methyl sites for hydroxylation is 1. The van der Waals surface area contributed by atoms with Crippen LogP contribution in [0.3, 0.4) is 0 Å². The number of aromatic nitrogens is 2. The number of aromatic carboxylic acids is 1. The SMILES string of the molecule is O=C(O)c1ccc(C[C@@H]2CCN(C(=O)CCn3cc(Cl)cn3)C2)cc1. The Bertz CT molecular complexity index is 757. The van der Waals surface area contributed by atoms with Crippen molar-refractivity contribution in [3.8, 4) is 0 Å². The molecule has 25 heavy (non-hydrogen) atoms. The maximum Gasteiger partial charge on any atom is 0.335 e. The molecular formula is C18H20ClN3O3. The van der Waals surface area contributed by atoms with Crippen molar-refractivity contribution in [2.75, 3.05) is 13.1 Å². The molecule has 1 aromatic heterocycles. The molecule has 7 heteroatoms. The lowest BCUT2D eigenvalue weighted by Gasteiger charge is -2.16. The second-order valence-electron chi connectivity index (χ2n) is 6.37. The van der Waals surface area contributed by atoms with E-state index < -0.39 is 5.97 Å². The van der Waals surface area contributed by atoms with Crippen LogP contribution < -0.4 is 0 Å². The molecule has 132 valence electrons. The average Bonchev–Trinajstić information content (AvgIpc) is 3.22. The van der Waals surface area contributed by atoms with Crippen molar-refractivity contribution in [3.05, 3.63) is 52.8 Å². The molecule has 2 heterocycles. The van der Waals surface area contributed by atoms with Crippen LogP contribution in [0.15, 0.2) is 36.7 Å². The van der Waals surface area contributed by atoms with Gasteiger partial charge in [-0.2, -0.15) is 5.10 Å². The van der Waals surface area contributed by atoms with Gasteiger partial charge < -0.3 is 10.0 Å². The van der Waals surface area contributed by atoms with E-state index in [2.05, 4.69) is 5.10 Å². The van der Waals surface area contributed by atoms with E-state index in [9.17, 15) is 9.59 Å². The number of benzene rings is 1. The molecule has 0 aliphatic carbocycles. The first-order chi connectivity index (χ1) is 12.0. The summed E-state index contributed by atoms with van der Waals surface area (Å²) < 4.78 is 1.68. The highest BCUT2D eigenvalue weighted by Crippen LogP contribution is 2.22. The van der Waals surface area contributed by atoms with Gasteiger partial charge in [0.25, 0.3) is 0 Å². The van der Waals surface area contributed by atoms with Gasteiger partial charge in [-0.25, -0.2) is 4.79 Å². The Balaban J connectivity index is 1.47. The summed E-state index contributed by atoms with van der Waals surface area (Å²) in [6.45, 7) is 2.05. The molecule has 1 N–H and O–H groups in total. The van der Waals surface area contributed by atoms with Crippen molar-refractivity contribution in [3.63, 3.8) is 0 Å². The number of nitrogens with zero attached hydrogens (tertiary/aromatic N) is 3. The molecule has 0 radical (unpaired) electrons. The Kier molecular flexibility index (Phi) is 5.38. The smallest absolute Gasteiger partial charge is 0.335 e. The zero-order valence-corrected chi connectivity index (χ0v) is 14.5. The first-order valence-electron chi connectivity index (χ1n) is 8.29. The van der Waals surface area contributed by atoms with Gasteiger partial charge in [0.15, 0.2) is 0 Å². The van der Waals surface area contributed by atoms with Crippen molar-refractivity contribution < 1.29 is 14.7 Å². The predicted molar refractivity (Wildman–Crippen MR) is 93.6 cm³/mol. The molecule has 0 unspecified atom stereocenters. The molecule has 1 amide bonds. The maximum atomic E-state index is 12.3. The Morgan fingerprint density at radius 2 is 2.04 bits per heavy atom. The Morgan fingerprint density at radius 1 is 1.28 bits per heavy atom. The number of amides is 1. The monoisotopic (exact) mass is 361 g/mol. The van der Waals surface area contributed by atoms with Crippen molar-refractivity contribution in [1.82, 2.24) is 14.7 Å². The third-order valence-electron chi connectivity index (χ3n) is 4.52. The van der Waals surface area contributed by atoms with E-state index in [0.29, 0.717) is 29.5 Å². The quantitative estimate of drug-likeness (QED) is 0.858. The van der Waals surface area contributed by atoms with Crippen LogP contribution in [0.25, 0.3) is 0 Å². The Labute approximate surface area is 151 Å². The lowest BCUT2D eigenvalue weighted by Crippen LogP contribution is -2.29. The van der Waals surface area contributed by atoms with Gasteiger partial charge in [0.2, 0.25) is 5.91 Å². The van der Waals surface area contributed by atoms with Gasteiger partial charge in [0.1, 0.15) is 0 Å². The van der Waals surface area contributed by atoms with Gasteiger partial charge in [0.05, 0.1) is 16.8 Å². The normalized spacial score (nSPS) is 17.0. The maximum absolute atomic E-state index is 12.3. The summed E-state index contributed by atoms with van der Waals surface area (Å²) in [5.41, 5.74) is 1.40. The molecule has 3 rings (SSSR count). The van der Waals surface area contributed by atoms with Crippen molar-refractivity contribution in [1.29, 1.82) is 0 Å². The van der Waals surface area contributed by atoms with E-state index in [0.717, 1.165) is 31.5 Å². The molecule has 0 spiro atoms. The van der Waals surface area contributed by atoms with E-state index in [4.69, 9.17) is 16.7 Å². The van der Waals surface area contributed by atoms with Gasteiger partial charge in [0, 0.05) is 32.3 Å². The fourth-order valence-corrected chi connectivity index (χ4v) is 3.33. The minimum Gasteiger partial charge on any atom is -0.478 e. The number of likely N-dealkylation sites (tertiary alicyclic amines) is 1. The molecule has 1 aromatic carbocycles. The summed E-state index contributed by atoms with van der Waals surface area (Å²) in [6, 6.07) is 6.97. The van der Waals surface area contributed by atoms with E-state index in [-0.39, 0.29) is 5.91 Å². The Hall–Kier alpha value is -2.34. The average molecular weight is 362 g/mol. The van der Waals surface area contributed by atoms with E-state index >= 15 is 0 Å². The summed E-state index contributed by atoms with van der Waals surface area (Å²) in [6.07, 6.45) is 5.52. The minimum absolute atomic E-state index is 0.135. The number of hydrogen-bond donors (Lipinski definition) is 1. The lowest BCUT2D eigenvalue weighted by molar-refractivity contribution is -0.130. The highest BCUT2D eigenvalue weighted by Gasteiger charge is 2.26. The minimum atomic E-state index is -0.914.